The largest absolute Gasteiger partial charge is 0.486 e. The summed E-state index contributed by atoms with van der Waals surface area (Å²) in [5.41, 5.74) is 0.973. The number of aromatic nitrogens is 2. The number of anilines is 3. The number of amides is 1. The molecule has 27 heavy (non-hydrogen) atoms. The van der Waals surface area contributed by atoms with Crippen LogP contribution in [0.15, 0.2) is 54.6 Å². The van der Waals surface area contributed by atoms with Crippen molar-refractivity contribution >= 4 is 23.2 Å². The van der Waals surface area contributed by atoms with Crippen molar-refractivity contribution < 1.29 is 18.7 Å². The molecule has 2 heterocycles. The van der Waals surface area contributed by atoms with E-state index in [0.717, 1.165) is 11.8 Å². The van der Waals surface area contributed by atoms with Gasteiger partial charge in [0.25, 0.3) is 5.91 Å². The van der Waals surface area contributed by atoms with Crippen LogP contribution >= 0.6 is 0 Å². The van der Waals surface area contributed by atoms with Crippen LogP contribution in [-0.2, 0) is 0 Å². The monoisotopic (exact) mass is 366 g/mol. The highest BCUT2D eigenvalue weighted by atomic mass is 19.1. The molecule has 1 aliphatic heterocycles. The Balaban J connectivity index is 1.42. The molecule has 8 heteroatoms. The Labute approximate surface area is 154 Å². The van der Waals surface area contributed by atoms with Gasteiger partial charge in [0, 0.05) is 17.3 Å². The van der Waals surface area contributed by atoms with Crippen molar-refractivity contribution in [1.29, 1.82) is 0 Å². The Kier molecular flexibility index (Phi) is 4.52. The Bertz CT molecular complexity index is 979. The Morgan fingerprint density at radius 1 is 0.926 bits per heavy atom. The van der Waals surface area contributed by atoms with Crippen molar-refractivity contribution in [3.05, 3.63) is 66.0 Å². The van der Waals surface area contributed by atoms with E-state index in [1.165, 1.54) is 18.2 Å². The maximum absolute atomic E-state index is 13.2. The van der Waals surface area contributed by atoms with Crippen LogP contribution in [0.25, 0.3) is 0 Å². The first-order chi connectivity index (χ1) is 13.2. The summed E-state index contributed by atoms with van der Waals surface area (Å²) in [5.74, 6) is 1.18. The Hall–Kier alpha value is -3.68. The van der Waals surface area contributed by atoms with Crippen molar-refractivity contribution in [3.63, 3.8) is 0 Å². The van der Waals surface area contributed by atoms with E-state index >= 15 is 0 Å². The van der Waals surface area contributed by atoms with E-state index in [-0.39, 0.29) is 11.4 Å². The highest BCUT2D eigenvalue weighted by Crippen LogP contribution is 2.33. The number of ether oxygens (including phenoxy) is 2. The van der Waals surface area contributed by atoms with Crippen molar-refractivity contribution in [3.8, 4) is 11.5 Å². The molecule has 4 rings (SSSR count). The number of fused-ring (bicyclic) bond motifs is 1. The average Bonchev–Trinajstić information content (AvgIpc) is 2.69. The van der Waals surface area contributed by atoms with E-state index < -0.39 is 11.7 Å². The predicted molar refractivity (Wildman–Crippen MR) is 97.1 cm³/mol. The molecule has 1 amide bonds. The molecule has 0 bridgehead atoms. The maximum Gasteiger partial charge on any atom is 0.256 e. The second kappa shape index (κ2) is 7.28. The van der Waals surface area contributed by atoms with Gasteiger partial charge >= 0.3 is 0 Å². The summed E-state index contributed by atoms with van der Waals surface area (Å²) in [7, 11) is 0. The second-order valence-corrected chi connectivity index (χ2v) is 5.75. The summed E-state index contributed by atoms with van der Waals surface area (Å²) in [6.45, 7) is 1.05. The molecule has 2 aromatic carbocycles. The summed E-state index contributed by atoms with van der Waals surface area (Å²) in [4.78, 5) is 12.1. The zero-order valence-electron chi connectivity index (χ0n) is 14.1. The fourth-order valence-corrected chi connectivity index (χ4v) is 2.55. The standard InChI is InChI=1S/C19H15FN4O3/c20-13-3-1-2-12(10-13)19(25)22-18-7-6-17(23-24-18)21-14-4-5-15-16(11-14)27-9-8-26-15/h1-7,10-11H,8-9H2,(H,21,23)(H,22,24,25). The lowest BCUT2D eigenvalue weighted by Crippen LogP contribution is -2.15. The molecule has 0 saturated heterocycles. The van der Waals surface area contributed by atoms with Gasteiger partial charge in [-0.3, -0.25) is 4.79 Å². The Morgan fingerprint density at radius 2 is 1.70 bits per heavy atom. The van der Waals surface area contributed by atoms with Gasteiger partial charge in [0.05, 0.1) is 0 Å². The van der Waals surface area contributed by atoms with Gasteiger partial charge in [-0.1, -0.05) is 6.07 Å². The molecule has 0 saturated carbocycles. The Morgan fingerprint density at radius 3 is 2.48 bits per heavy atom. The third-order valence-corrected chi connectivity index (χ3v) is 3.81. The first kappa shape index (κ1) is 16.8. The van der Waals surface area contributed by atoms with Gasteiger partial charge in [-0.2, -0.15) is 0 Å². The normalized spacial score (nSPS) is 12.3. The van der Waals surface area contributed by atoms with E-state index in [2.05, 4.69) is 20.8 Å². The van der Waals surface area contributed by atoms with Crippen LogP contribution in [0.4, 0.5) is 21.7 Å². The SMILES string of the molecule is O=C(Nc1ccc(Nc2ccc3c(c2)OCCO3)nn1)c1cccc(F)c1. The van der Waals surface area contributed by atoms with Crippen LogP contribution in [0.2, 0.25) is 0 Å². The smallest absolute Gasteiger partial charge is 0.256 e. The molecular weight excluding hydrogens is 351 g/mol. The summed E-state index contributed by atoms with van der Waals surface area (Å²) in [5, 5.41) is 13.7. The van der Waals surface area contributed by atoms with Gasteiger partial charge in [-0.05, 0) is 42.5 Å². The van der Waals surface area contributed by atoms with Gasteiger partial charge in [-0.25, -0.2) is 4.39 Å². The van der Waals surface area contributed by atoms with E-state index in [9.17, 15) is 9.18 Å². The molecule has 0 spiro atoms. The molecule has 136 valence electrons. The van der Waals surface area contributed by atoms with Gasteiger partial charge in [-0.15, -0.1) is 10.2 Å². The zero-order valence-corrected chi connectivity index (χ0v) is 14.1. The topological polar surface area (TPSA) is 85.4 Å². The number of halogens is 1. The molecular formula is C19H15FN4O3. The quantitative estimate of drug-likeness (QED) is 0.736. The van der Waals surface area contributed by atoms with Crippen LogP contribution in [0.1, 0.15) is 10.4 Å². The van der Waals surface area contributed by atoms with Gasteiger partial charge in [0.15, 0.2) is 23.1 Å². The fraction of sp³-hybridized carbons (Fsp3) is 0.105. The lowest BCUT2D eigenvalue weighted by molar-refractivity contribution is 0.102. The van der Waals surface area contributed by atoms with Gasteiger partial charge in [0.1, 0.15) is 19.0 Å². The number of carbonyl (C=O) groups is 1. The average molecular weight is 366 g/mol. The fourth-order valence-electron chi connectivity index (χ4n) is 2.55. The molecule has 2 N–H and O–H groups in total. The molecule has 0 aliphatic carbocycles. The van der Waals surface area contributed by atoms with Crippen molar-refractivity contribution in [2.45, 2.75) is 0 Å². The summed E-state index contributed by atoms with van der Waals surface area (Å²) < 4.78 is 24.2. The number of hydrogen-bond acceptors (Lipinski definition) is 6. The van der Waals surface area contributed by atoms with E-state index in [0.29, 0.717) is 30.5 Å². The molecule has 0 radical (unpaired) electrons. The molecule has 0 unspecified atom stereocenters. The van der Waals surface area contributed by atoms with Crippen LogP contribution in [0.5, 0.6) is 11.5 Å². The molecule has 1 aliphatic rings. The van der Waals surface area contributed by atoms with E-state index in [1.807, 2.05) is 18.2 Å². The highest BCUT2D eigenvalue weighted by molar-refractivity contribution is 6.03. The molecule has 1 aromatic heterocycles. The minimum absolute atomic E-state index is 0.204. The van der Waals surface area contributed by atoms with Gasteiger partial charge < -0.3 is 20.1 Å². The second-order valence-electron chi connectivity index (χ2n) is 5.75. The number of benzene rings is 2. The minimum Gasteiger partial charge on any atom is -0.486 e. The zero-order chi connectivity index (χ0) is 18.6. The van der Waals surface area contributed by atoms with E-state index in [4.69, 9.17) is 9.47 Å². The number of nitrogens with one attached hydrogen (secondary N) is 2. The molecule has 0 fully saturated rings. The van der Waals surface area contributed by atoms with Crippen molar-refractivity contribution in [1.82, 2.24) is 10.2 Å². The summed E-state index contributed by atoms with van der Waals surface area (Å²) in [6.07, 6.45) is 0. The van der Waals surface area contributed by atoms with Crippen molar-refractivity contribution in [2.75, 3.05) is 23.8 Å². The number of rotatable bonds is 4. The highest BCUT2D eigenvalue weighted by Gasteiger charge is 2.12. The predicted octanol–water partition coefficient (Wildman–Crippen LogP) is 3.38. The lowest BCUT2D eigenvalue weighted by atomic mass is 10.2. The third kappa shape index (κ3) is 3.95. The lowest BCUT2D eigenvalue weighted by Gasteiger charge is -2.19. The third-order valence-electron chi connectivity index (χ3n) is 3.81. The molecule has 7 nitrogen and oxygen atoms in total. The molecule has 0 atom stereocenters. The van der Waals surface area contributed by atoms with Gasteiger partial charge in [0.2, 0.25) is 0 Å². The number of nitrogens with zero attached hydrogens (tertiary/aromatic N) is 2. The van der Waals surface area contributed by atoms with E-state index in [1.54, 1.807) is 12.1 Å². The van der Waals surface area contributed by atoms with Crippen LogP contribution < -0.4 is 20.1 Å². The number of carbonyl (C=O) groups excluding carboxylic acids is 1. The van der Waals surface area contributed by atoms with Crippen LogP contribution in [-0.4, -0.2) is 29.3 Å². The first-order valence-electron chi connectivity index (χ1n) is 8.25. The van der Waals surface area contributed by atoms with Crippen molar-refractivity contribution in [2.24, 2.45) is 0 Å². The van der Waals surface area contributed by atoms with Crippen LogP contribution in [0.3, 0.4) is 0 Å². The summed E-state index contributed by atoms with van der Waals surface area (Å²) in [6, 6.07) is 14.2. The molecule has 3 aromatic rings. The maximum atomic E-state index is 13.2. The first-order valence-corrected chi connectivity index (χ1v) is 8.25. The summed E-state index contributed by atoms with van der Waals surface area (Å²) >= 11 is 0. The number of hydrogen-bond donors (Lipinski definition) is 2. The minimum atomic E-state index is -0.479. The van der Waals surface area contributed by atoms with Crippen LogP contribution in [0, 0.1) is 5.82 Å².